The molecule has 0 aliphatic carbocycles. The van der Waals surface area contributed by atoms with E-state index >= 15 is 0 Å². The third-order valence-corrected chi connectivity index (χ3v) is 6.02. The molecule has 1 saturated heterocycles. The Morgan fingerprint density at radius 1 is 1.09 bits per heavy atom. The normalized spacial score (nSPS) is 14.2. The van der Waals surface area contributed by atoms with Gasteiger partial charge in [-0.3, -0.25) is 4.40 Å². The number of hydrogen-bond donors (Lipinski definition) is 3. The molecule has 0 bridgehead atoms. The summed E-state index contributed by atoms with van der Waals surface area (Å²) in [7, 11) is 1.83. The number of imidazole rings is 1. The van der Waals surface area contributed by atoms with Crippen LogP contribution in [0, 0.1) is 5.41 Å². The number of nitrogens with zero attached hydrogens (tertiary/aromatic N) is 5. The minimum absolute atomic E-state index is 0.627. The Morgan fingerprint density at radius 2 is 1.91 bits per heavy atom. The molecule has 9 heteroatoms. The largest absolute Gasteiger partial charge is 0.393 e. The minimum atomic E-state index is 0.627. The van der Waals surface area contributed by atoms with E-state index < -0.39 is 0 Å². The van der Waals surface area contributed by atoms with Gasteiger partial charge < -0.3 is 25.7 Å². The van der Waals surface area contributed by atoms with Crippen LogP contribution in [0.25, 0.3) is 22.6 Å². The van der Waals surface area contributed by atoms with Crippen molar-refractivity contribution in [3.63, 3.8) is 0 Å². The van der Waals surface area contributed by atoms with Crippen LogP contribution in [0.3, 0.4) is 0 Å². The number of morpholine rings is 1. The standard InChI is InChI=1S/C26H28N8O/c1-28-16-21(14-27)20-4-2-19(3-5-20)15-29-25-13-23(31-18-32-25)24-17-30-26-12-22(6-7-34(24)26)33-8-10-35-11-9-33/h2-7,12-14,16-18,27-28H,8-11,15H2,1H3,(H,29,31,32)/b21-16+,27-14?. The van der Waals surface area contributed by atoms with Crippen LogP contribution in [0.4, 0.5) is 11.5 Å². The maximum Gasteiger partial charge on any atom is 0.139 e. The van der Waals surface area contributed by atoms with E-state index in [0.29, 0.717) is 6.54 Å². The highest BCUT2D eigenvalue weighted by molar-refractivity contribution is 6.08. The van der Waals surface area contributed by atoms with E-state index in [9.17, 15) is 0 Å². The zero-order valence-corrected chi connectivity index (χ0v) is 19.6. The molecule has 0 spiro atoms. The molecule has 1 fully saturated rings. The van der Waals surface area contributed by atoms with E-state index in [0.717, 1.165) is 71.5 Å². The van der Waals surface area contributed by atoms with Gasteiger partial charge >= 0.3 is 0 Å². The van der Waals surface area contributed by atoms with Gasteiger partial charge in [-0.1, -0.05) is 24.3 Å². The van der Waals surface area contributed by atoms with Crippen molar-refractivity contribution in [1.82, 2.24) is 24.7 Å². The summed E-state index contributed by atoms with van der Waals surface area (Å²) in [5, 5.41) is 13.9. The Kier molecular flexibility index (Phi) is 6.67. The lowest BCUT2D eigenvalue weighted by Gasteiger charge is -2.28. The molecule has 3 aromatic heterocycles. The second-order valence-electron chi connectivity index (χ2n) is 8.23. The Hall–Kier alpha value is -4.24. The van der Waals surface area contributed by atoms with Crippen molar-refractivity contribution < 1.29 is 4.74 Å². The molecule has 4 heterocycles. The summed E-state index contributed by atoms with van der Waals surface area (Å²) in [5.74, 6) is 0.745. The molecule has 5 rings (SSSR count). The number of fused-ring (bicyclic) bond motifs is 1. The quantitative estimate of drug-likeness (QED) is 0.340. The molecule has 0 radical (unpaired) electrons. The van der Waals surface area contributed by atoms with Crippen LogP contribution in [0.15, 0.2) is 67.4 Å². The van der Waals surface area contributed by atoms with E-state index in [4.69, 9.17) is 10.1 Å². The predicted molar refractivity (Wildman–Crippen MR) is 139 cm³/mol. The topological polar surface area (TPSA) is 103 Å². The first-order chi connectivity index (χ1) is 17.2. The highest BCUT2D eigenvalue weighted by atomic mass is 16.5. The summed E-state index contributed by atoms with van der Waals surface area (Å²) >= 11 is 0. The van der Waals surface area contributed by atoms with Gasteiger partial charge in [-0.05, 0) is 17.2 Å². The smallest absolute Gasteiger partial charge is 0.139 e. The Balaban J connectivity index is 1.30. The number of rotatable bonds is 8. The second-order valence-corrected chi connectivity index (χ2v) is 8.23. The molecular weight excluding hydrogens is 440 g/mol. The van der Waals surface area contributed by atoms with Crippen LogP contribution in [0.5, 0.6) is 0 Å². The average molecular weight is 469 g/mol. The fraction of sp³-hybridized carbons (Fsp3) is 0.231. The molecular formula is C26H28N8O. The van der Waals surface area contributed by atoms with Gasteiger partial charge in [0.1, 0.15) is 17.8 Å². The van der Waals surface area contributed by atoms with Gasteiger partial charge in [-0.2, -0.15) is 0 Å². The van der Waals surface area contributed by atoms with Crippen LogP contribution in [0.1, 0.15) is 11.1 Å². The lowest BCUT2D eigenvalue weighted by molar-refractivity contribution is 0.122. The number of nitrogens with one attached hydrogen (secondary N) is 3. The second kappa shape index (κ2) is 10.4. The molecule has 4 aromatic rings. The number of aromatic nitrogens is 4. The van der Waals surface area contributed by atoms with Crippen LogP contribution < -0.4 is 15.5 Å². The summed E-state index contributed by atoms with van der Waals surface area (Å²) in [6, 6.07) is 14.3. The molecule has 1 aliphatic heterocycles. The zero-order valence-electron chi connectivity index (χ0n) is 19.6. The van der Waals surface area contributed by atoms with Crippen molar-refractivity contribution in [2.45, 2.75) is 6.54 Å². The highest BCUT2D eigenvalue weighted by Crippen LogP contribution is 2.24. The Bertz CT molecular complexity index is 1340. The molecule has 35 heavy (non-hydrogen) atoms. The van der Waals surface area contributed by atoms with Crippen molar-refractivity contribution in [2.75, 3.05) is 43.6 Å². The third kappa shape index (κ3) is 4.99. The van der Waals surface area contributed by atoms with Gasteiger partial charge in [-0.25, -0.2) is 15.0 Å². The van der Waals surface area contributed by atoms with E-state index in [-0.39, 0.29) is 0 Å². The summed E-state index contributed by atoms with van der Waals surface area (Å²) < 4.78 is 7.51. The zero-order chi connectivity index (χ0) is 24.0. The molecule has 178 valence electrons. The number of pyridine rings is 1. The van der Waals surface area contributed by atoms with Crippen molar-refractivity contribution >= 4 is 28.9 Å². The lowest BCUT2D eigenvalue weighted by atomic mass is 10.1. The monoisotopic (exact) mass is 468 g/mol. The minimum Gasteiger partial charge on any atom is -0.393 e. The summed E-state index contributed by atoms with van der Waals surface area (Å²) in [6.07, 6.45) is 8.62. The van der Waals surface area contributed by atoms with E-state index in [1.54, 1.807) is 6.33 Å². The Labute approximate surface area is 204 Å². The van der Waals surface area contributed by atoms with Crippen LogP contribution in [-0.2, 0) is 11.3 Å². The third-order valence-electron chi connectivity index (χ3n) is 6.02. The fourth-order valence-electron chi connectivity index (χ4n) is 4.14. The molecule has 0 atom stereocenters. The molecule has 9 nitrogen and oxygen atoms in total. The molecule has 1 aliphatic rings. The van der Waals surface area contributed by atoms with Gasteiger partial charge in [0.25, 0.3) is 0 Å². The first kappa shape index (κ1) is 22.5. The molecule has 0 unspecified atom stereocenters. The molecule has 0 amide bonds. The first-order valence-electron chi connectivity index (χ1n) is 11.6. The highest BCUT2D eigenvalue weighted by Gasteiger charge is 2.14. The van der Waals surface area contributed by atoms with Crippen LogP contribution in [0.2, 0.25) is 0 Å². The number of benzene rings is 1. The molecule has 3 N–H and O–H groups in total. The SMILES string of the molecule is CN/C=C(\C=N)c1ccc(CNc2cc(-c3cnc4cc(N5CCOCC5)ccn34)ncn2)cc1. The van der Waals surface area contributed by atoms with Gasteiger partial charge in [0.05, 0.1) is 30.8 Å². The van der Waals surface area contributed by atoms with Gasteiger partial charge in [0.15, 0.2) is 0 Å². The van der Waals surface area contributed by atoms with Crippen molar-refractivity contribution in [3.8, 4) is 11.4 Å². The first-order valence-corrected chi connectivity index (χ1v) is 11.6. The number of hydrogen-bond acceptors (Lipinski definition) is 8. The summed E-state index contributed by atoms with van der Waals surface area (Å²) in [6.45, 7) is 3.92. The van der Waals surface area contributed by atoms with Crippen molar-refractivity contribution in [1.29, 1.82) is 5.41 Å². The van der Waals surface area contributed by atoms with Crippen LogP contribution in [-0.4, -0.2) is 58.9 Å². The average Bonchev–Trinajstić information content (AvgIpc) is 3.35. The predicted octanol–water partition coefficient (Wildman–Crippen LogP) is 3.45. The maximum atomic E-state index is 7.56. The summed E-state index contributed by atoms with van der Waals surface area (Å²) in [5.41, 5.74) is 6.70. The van der Waals surface area contributed by atoms with Gasteiger partial charge in [0.2, 0.25) is 0 Å². The number of anilines is 2. The van der Waals surface area contributed by atoms with E-state index in [1.807, 2.05) is 60.4 Å². The van der Waals surface area contributed by atoms with Crippen molar-refractivity contribution in [2.24, 2.45) is 0 Å². The number of ether oxygens (including phenoxy) is 1. The van der Waals surface area contributed by atoms with E-state index in [2.05, 4.69) is 42.6 Å². The number of allylic oxidation sites excluding steroid dienone is 1. The maximum absolute atomic E-state index is 7.56. The Morgan fingerprint density at radius 3 is 2.69 bits per heavy atom. The molecule has 0 saturated carbocycles. The van der Waals surface area contributed by atoms with E-state index in [1.165, 1.54) is 6.21 Å². The molecule has 1 aromatic carbocycles. The summed E-state index contributed by atoms with van der Waals surface area (Å²) in [4.78, 5) is 15.8. The fourth-order valence-corrected chi connectivity index (χ4v) is 4.14. The van der Waals surface area contributed by atoms with Gasteiger partial charge in [-0.15, -0.1) is 0 Å². The van der Waals surface area contributed by atoms with Gasteiger partial charge in [0, 0.05) is 68.7 Å². The van der Waals surface area contributed by atoms with Crippen molar-refractivity contribution in [3.05, 3.63) is 78.5 Å². The lowest BCUT2D eigenvalue weighted by Crippen LogP contribution is -2.36. The van der Waals surface area contributed by atoms with Crippen LogP contribution >= 0.6 is 0 Å².